The highest BCUT2D eigenvalue weighted by molar-refractivity contribution is 7.89. The summed E-state index contributed by atoms with van der Waals surface area (Å²) in [4.78, 5) is 3.14. The van der Waals surface area contributed by atoms with Crippen molar-refractivity contribution >= 4 is 20.9 Å². The molecule has 4 nitrogen and oxygen atoms in total. The van der Waals surface area contributed by atoms with Crippen LogP contribution in [-0.4, -0.2) is 36.0 Å². The van der Waals surface area contributed by atoms with Crippen molar-refractivity contribution in [2.75, 3.05) is 13.1 Å². The van der Waals surface area contributed by atoms with Gasteiger partial charge in [-0.15, -0.1) is 0 Å². The molecule has 0 amide bonds. The maximum atomic E-state index is 13.3. The normalized spacial score (nSPS) is 21.7. The van der Waals surface area contributed by atoms with E-state index >= 15 is 0 Å². The standard InChI is InChI=1S/C18H23FN2O2S/c19-14-5-6-16-17(12-20-18(16)11-14)13-7-9-21(10-8-13)24(22,23)15-3-1-2-4-15/h5-6,11-13,15,20H,1-4,7-10H2. The van der Waals surface area contributed by atoms with E-state index in [1.165, 1.54) is 17.7 Å². The zero-order valence-electron chi connectivity index (χ0n) is 13.7. The van der Waals surface area contributed by atoms with E-state index in [0.717, 1.165) is 49.4 Å². The van der Waals surface area contributed by atoms with Crippen LogP contribution in [0.4, 0.5) is 4.39 Å². The number of hydrogen-bond acceptors (Lipinski definition) is 2. The van der Waals surface area contributed by atoms with Crippen molar-refractivity contribution in [1.82, 2.24) is 9.29 Å². The smallest absolute Gasteiger partial charge is 0.216 e. The molecule has 1 aromatic heterocycles. The molecule has 2 aromatic rings. The van der Waals surface area contributed by atoms with Gasteiger partial charge in [-0.3, -0.25) is 0 Å². The number of aromatic amines is 1. The first-order valence-corrected chi connectivity index (χ1v) is 10.3. The van der Waals surface area contributed by atoms with Crippen LogP contribution < -0.4 is 0 Å². The van der Waals surface area contributed by atoms with Crippen LogP contribution in [-0.2, 0) is 10.0 Å². The van der Waals surface area contributed by atoms with Crippen LogP contribution in [0.2, 0.25) is 0 Å². The average Bonchev–Trinajstić information content (AvgIpc) is 3.24. The maximum Gasteiger partial charge on any atom is 0.216 e. The zero-order valence-corrected chi connectivity index (χ0v) is 14.5. The second kappa shape index (κ2) is 6.15. The van der Waals surface area contributed by atoms with Crippen LogP contribution in [0.25, 0.3) is 10.9 Å². The van der Waals surface area contributed by atoms with Gasteiger partial charge in [0.05, 0.1) is 5.25 Å². The molecule has 1 saturated carbocycles. The Kier molecular flexibility index (Phi) is 4.12. The Balaban J connectivity index is 1.49. The highest BCUT2D eigenvalue weighted by atomic mass is 32.2. The third-order valence-electron chi connectivity index (χ3n) is 5.65. The molecule has 1 N–H and O–H groups in total. The van der Waals surface area contributed by atoms with Gasteiger partial charge in [-0.2, -0.15) is 0 Å². The summed E-state index contributed by atoms with van der Waals surface area (Å²) in [5.74, 6) is 0.0904. The number of hydrogen-bond donors (Lipinski definition) is 1. The van der Waals surface area contributed by atoms with Gasteiger partial charge in [0.2, 0.25) is 10.0 Å². The number of piperidine rings is 1. The van der Waals surface area contributed by atoms with Gasteiger partial charge in [0.25, 0.3) is 0 Å². The van der Waals surface area contributed by atoms with Crippen LogP contribution in [0.5, 0.6) is 0 Å². The molecule has 130 valence electrons. The van der Waals surface area contributed by atoms with E-state index in [-0.39, 0.29) is 11.1 Å². The molecule has 2 heterocycles. The number of nitrogens with zero attached hydrogens (tertiary/aromatic N) is 1. The molecule has 1 aliphatic carbocycles. The topological polar surface area (TPSA) is 53.2 Å². The molecular formula is C18H23FN2O2S. The Labute approximate surface area is 142 Å². The van der Waals surface area contributed by atoms with E-state index in [1.54, 1.807) is 4.31 Å². The molecule has 0 unspecified atom stereocenters. The third-order valence-corrected chi connectivity index (χ3v) is 8.05. The third kappa shape index (κ3) is 2.75. The summed E-state index contributed by atoms with van der Waals surface area (Å²) in [5.41, 5.74) is 1.99. The predicted molar refractivity (Wildman–Crippen MR) is 93.0 cm³/mol. The zero-order chi connectivity index (χ0) is 16.7. The summed E-state index contributed by atoms with van der Waals surface area (Å²) in [6.45, 7) is 1.19. The number of fused-ring (bicyclic) bond motifs is 1. The molecule has 2 aliphatic rings. The van der Waals surface area contributed by atoms with Gasteiger partial charge in [0, 0.05) is 30.2 Å². The van der Waals surface area contributed by atoms with Crippen molar-refractivity contribution in [2.24, 2.45) is 0 Å². The predicted octanol–water partition coefficient (Wildman–Crippen LogP) is 3.76. The highest BCUT2D eigenvalue weighted by Gasteiger charge is 2.36. The molecule has 0 spiro atoms. The highest BCUT2D eigenvalue weighted by Crippen LogP contribution is 2.36. The van der Waals surface area contributed by atoms with E-state index in [1.807, 2.05) is 12.3 Å². The van der Waals surface area contributed by atoms with Gasteiger partial charge in [-0.1, -0.05) is 12.8 Å². The fourth-order valence-corrected chi connectivity index (χ4v) is 6.35. The summed E-state index contributed by atoms with van der Waals surface area (Å²) in [7, 11) is -3.13. The van der Waals surface area contributed by atoms with Crippen molar-refractivity contribution < 1.29 is 12.8 Å². The van der Waals surface area contributed by atoms with Gasteiger partial charge in [-0.05, 0) is 55.4 Å². The minimum atomic E-state index is -3.13. The largest absolute Gasteiger partial charge is 0.361 e. The van der Waals surface area contributed by atoms with Crippen molar-refractivity contribution in [1.29, 1.82) is 0 Å². The Morgan fingerprint density at radius 1 is 1.08 bits per heavy atom. The second-order valence-corrected chi connectivity index (χ2v) is 9.27. The van der Waals surface area contributed by atoms with Crippen LogP contribution in [0.15, 0.2) is 24.4 Å². The lowest BCUT2D eigenvalue weighted by molar-refractivity contribution is 0.316. The lowest BCUT2D eigenvalue weighted by Crippen LogP contribution is -2.42. The van der Waals surface area contributed by atoms with E-state index in [0.29, 0.717) is 19.0 Å². The van der Waals surface area contributed by atoms with Crippen molar-refractivity contribution in [3.8, 4) is 0 Å². The summed E-state index contributed by atoms with van der Waals surface area (Å²) in [5, 5.41) is 0.888. The van der Waals surface area contributed by atoms with Crippen LogP contribution in [0.3, 0.4) is 0 Å². The molecule has 1 aliphatic heterocycles. The Hall–Kier alpha value is -1.40. The molecule has 2 fully saturated rings. The molecule has 1 aromatic carbocycles. The number of nitrogens with one attached hydrogen (secondary N) is 1. The first-order valence-electron chi connectivity index (χ1n) is 8.81. The summed E-state index contributed by atoms with van der Waals surface area (Å²) >= 11 is 0. The van der Waals surface area contributed by atoms with Gasteiger partial charge in [-0.25, -0.2) is 17.1 Å². The Morgan fingerprint density at radius 3 is 2.50 bits per heavy atom. The van der Waals surface area contributed by atoms with Gasteiger partial charge in [0.1, 0.15) is 5.82 Å². The number of rotatable bonds is 3. The van der Waals surface area contributed by atoms with E-state index < -0.39 is 10.0 Å². The Morgan fingerprint density at radius 2 is 1.79 bits per heavy atom. The second-order valence-electron chi connectivity index (χ2n) is 7.06. The van der Waals surface area contributed by atoms with Crippen LogP contribution >= 0.6 is 0 Å². The minimum absolute atomic E-state index is 0.162. The summed E-state index contributed by atoms with van der Waals surface area (Å²) in [6, 6.07) is 4.82. The van der Waals surface area contributed by atoms with Crippen LogP contribution in [0, 0.1) is 5.82 Å². The van der Waals surface area contributed by atoms with E-state index in [2.05, 4.69) is 4.98 Å². The quantitative estimate of drug-likeness (QED) is 0.916. The van der Waals surface area contributed by atoms with Gasteiger partial charge in [0.15, 0.2) is 0 Å². The molecule has 4 rings (SSSR count). The maximum absolute atomic E-state index is 13.3. The lowest BCUT2D eigenvalue weighted by Gasteiger charge is -2.33. The molecule has 6 heteroatoms. The first-order chi connectivity index (χ1) is 11.6. The minimum Gasteiger partial charge on any atom is -0.361 e. The molecule has 0 bridgehead atoms. The molecule has 0 atom stereocenters. The van der Waals surface area contributed by atoms with Crippen molar-refractivity contribution in [3.05, 3.63) is 35.8 Å². The first kappa shape index (κ1) is 16.1. The van der Waals surface area contributed by atoms with Gasteiger partial charge < -0.3 is 4.98 Å². The molecule has 1 saturated heterocycles. The summed E-state index contributed by atoms with van der Waals surface area (Å²) in [6.07, 6.45) is 7.31. The van der Waals surface area contributed by atoms with Gasteiger partial charge >= 0.3 is 0 Å². The lowest BCUT2D eigenvalue weighted by atomic mass is 9.90. The van der Waals surface area contributed by atoms with Crippen LogP contribution in [0.1, 0.15) is 50.0 Å². The molecule has 24 heavy (non-hydrogen) atoms. The summed E-state index contributed by atoms with van der Waals surface area (Å²) < 4.78 is 40.4. The Bertz CT molecular complexity index is 832. The SMILES string of the molecule is O=S(=O)(C1CCCC1)N1CCC(c2c[nH]c3cc(F)ccc23)CC1. The number of sulfonamides is 1. The molecule has 0 radical (unpaired) electrons. The number of H-pyrrole nitrogens is 1. The fourth-order valence-electron chi connectivity index (χ4n) is 4.28. The molecular weight excluding hydrogens is 327 g/mol. The number of aromatic nitrogens is 1. The van der Waals surface area contributed by atoms with E-state index in [9.17, 15) is 12.8 Å². The van der Waals surface area contributed by atoms with Crippen molar-refractivity contribution in [3.63, 3.8) is 0 Å². The number of halogens is 1. The van der Waals surface area contributed by atoms with Crippen molar-refractivity contribution in [2.45, 2.75) is 49.7 Å². The average molecular weight is 350 g/mol. The fraction of sp³-hybridized carbons (Fsp3) is 0.556. The number of benzene rings is 1. The van der Waals surface area contributed by atoms with E-state index in [4.69, 9.17) is 0 Å². The monoisotopic (exact) mass is 350 g/mol.